The molecule has 0 aliphatic carbocycles. The van der Waals surface area contributed by atoms with Crippen molar-refractivity contribution in [2.75, 3.05) is 7.05 Å². The molecule has 2 aromatic carbocycles. The molecule has 1 N–H and O–H groups in total. The molecule has 0 saturated heterocycles. The zero-order valence-corrected chi connectivity index (χ0v) is 12.1. The van der Waals surface area contributed by atoms with Crippen LogP contribution in [-0.4, -0.2) is 7.05 Å². The van der Waals surface area contributed by atoms with Gasteiger partial charge in [-0.05, 0) is 35.9 Å². The van der Waals surface area contributed by atoms with E-state index in [1.165, 1.54) is 21.9 Å². The highest BCUT2D eigenvalue weighted by Gasteiger charge is 2.14. The van der Waals surface area contributed by atoms with Crippen molar-refractivity contribution in [3.05, 3.63) is 84.5 Å². The number of benzene rings is 2. The first-order chi connectivity index (χ1) is 9.81. The lowest BCUT2D eigenvalue weighted by Gasteiger charge is -2.20. The maximum absolute atomic E-state index is 3.82. The second-order valence-electron chi connectivity index (χ2n) is 4.69. The van der Waals surface area contributed by atoms with E-state index in [1.54, 1.807) is 0 Å². The Morgan fingerprint density at radius 2 is 1.90 bits per heavy atom. The van der Waals surface area contributed by atoms with E-state index < -0.39 is 0 Å². The van der Waals surface area contributed by atoms with Crippen molar-refractivity contribution < 1.29 is 0 Å². The number of hydrogen-bond donors (Lipinski definition) is 1. The quantitative estimate of drug-likeness (QED) is 0.765. The van der Waals surface area contributed by atoms with Gasteiger partial charge in [0.2, 0.25) is 0 Å². The zero-order valence-electron chi connectivity index (χ0n) is 12.1. The van der Waals surface area contributed by atoms with Crippen LogP contribution in [0, 0.1) is 0 Å². The molecule has 0 aromatic heterocycles. The molecule has 0 saturated carbocycles. The van der Waals surface area contributed by atoms with Gasteiger partial charge in [0.1, 0.15) is 0 Å². The molecule has 1 atom stereocenters. The molecule has 2 rings (SSSR count). The Balaban J connectivity index is 2.59. The van der Waals surface area contributed by atoms with E-state index >= 15 is 0 Å². The number of rotatable bonds is 5. The van der Waals surface area contributed by atoms with Crippen LogP contribution in [0.3, 0.4) is 0 Å². The molecule has 0 aliphatic rings. The van der Waals surface area contributed by atoms with Crippen LogP contribution in [0.25, 0.3) is 10.8 Å². The Hall–Kier alpha value is -2.12. The van der Waals surface area contributed by atoms with Gasteiger partial charge < -0.3 is 5.32 Å². The lowest BCUT2D eigenvalue weighted by molar-refractivity contribution is 0.695. The first-order valence-electron chi connectivity index (χ1n) is 6.92. The molecule has 0 amide bonds. The molecule has 1 unspecified atom stereocenters. The van der Waals surface area contributed by atoms with Gasteiger partial charge in [0.15, 0.2) is 0 Å². The summed E-state index contributed by atoms with van der Waals surface area (Å²) in [7, 11) is 1.99. The smallest absolute Gasteiger partial charge is 0.0580 e. The topological polar surface area (TPSA) is 12.0 Å². The predicted octanol–water partition coefficient (Wildman–Crippen LogP) is 4.79. The third kappa shape index (κ3) is 2.89. The van der Waals surface area contributed by atoms with Gasteiger partial charge in [-0.1, -0.05) is 73.3 Å². The summed E-state index contributed by atoms with van der Waals surface area (Å²) in [6.45, 7) is 5.85. The molecule has 0 radical (unpaired) electrons. The fraction of sp³-hybridized carbons (Fsp3) is 0.158. The highest BCUT2D eigenvalue weighted by molar-refractivity contribution is 5.86. The van der Waals surface area contributed by atoms with Crippen LogP contribution in [0.15, 0.2) is 78.9 Å². The van der Waals surface area contributed by atoms with Gasteiger partial charge in [-0.2, -0.15) is 0 Å². The van der Waals surface area contributed by atoms with E-state index in [0.29, 0.717) is 0 Å². The number of likely N-dealkylation sites (N-methyl/N-ethyl adjacent to an activating group) is 1. The first kappa shape index (κ1) is 14.3. The molecule has 20 heavy (non-hydrogen) atoms. The first-order valence-corrected chi connectivity index (χ1v) is 6.92. The standard InChI is InChI=1S/C19H21N/c1-4-9-16(10-5-2)19(20-3)18-14-8-12-15-11-6-7-13-17(15)18/h4-14,19-20H,1H2,2-3H3/b10-5-,16-9+. The zero-order chi connectivity index (χ0) is 14.4. The average Bonchev–Trinajstić information content (AvgIpc) is 2.49. The number of allylic oxidation sites excluding steroid dienone is 3. The number of hydrogen-bond acceptors (Lipinski definition) is 1. The van der Waals surface area contributed by atoms with Crippen molar-refractivity contribution >= 4 is 10.8 Å². The summed E-state index contributed by atoms with van der Waals surface area (Å²) in [5, 5.41) is 5.97. The van der Waals surface area contributed by atoms with Crippen LogP contribution in [0.5, 0.6) is 0 Å². The van der Waals surface area contributed by atoms with E-state index in [1.807, 2.05) is 20.0 Å². The van der Waals surface area contributed by atoms with Gasteiger partial charge in [0.25, 0.3) is 0 Å². The van der Waals surface area contributed by atoms with Crippen LogP contribution >= 0.6 is 0 Å². The molecule has 1 heteroatoms. The average molecular weight is 263 g/mol. The second-order valence-corrected chi connectivity index (χ2v) is 4.69. The molecule has 0 spiro atoms. The number of nitrogens with one attached hydrogen (secondary N) is 1. The van der Waals surface area contributed by atoms with E-state index in [0.717, 1.165) is 0 Å². The highest BCUT2D eigenvalue weighted by Crippen LogP contribution is 2.29. The Bertz CT molecular complexity index is 644. The van der Waals surface area contributed by atoms with Gasteiger partial charge in [-0.3, -0.25) is 0 Å². The van der Waals surface area contributed by atoms with Crippen molar-refractivity contribution in [1.82, 2.24) is 5.32 Å². The maximum atomic E-state index is 3.82. The van der Waals surface area contributed by atoms with E-state index in [2.05, 4.69) is 72.6 Å². The molecule has 2 aromatic rings. The van der Waals surface area contributed by atoms with Crippen LogP contribution in [0.1, 0.15) is 18.5 Å². The Morgan fingerprint density at radius 1 is 1.15 bits per heavy atom. The van der Waals surface area contributed by atoms with Crippen molar-refractivity contribution in [3.8, 4) is 0 Å². The minimum Gasteiger partial charge on any atom is -0.309 e. The van der Waals surface area contributed by atoms with Crippen molar-refractivity contribution in [1.29, 1.82) is 0 Å². The minimum absolute atomic E-state index is 0.162. The molecule has 0 aliphatic heterocycles. The summed E-state index contributed by atoms with van der Waals surface area (Å²) in [5.41, 5.74) is 2.50. The van der Waals surface area contributed by atoms with Crippen molar-refractivity contribution in [2.45, 2.75) is 13.0 Å². The van der Waals surface area contributed by atoms with Crippen LogP contribution in [0.4, 0.5) is 0 Å². The van der Waals surface area contributed by atoms with Crippen LogP contribution in [0.2, 0.25) is 0 Å². The molecule has 0 fully saturated rings. The van der Waals surface area contributed by atoms with Gasteiger partial charge in [0, 0.05) is 0 Å². The normalized spacial score (nSPS) is 13.8. The van der Waals surface area contributed by atoms with Crippen LogP contribution < -0.4 is 5.32 Å². The molecular formula is C19H21N. The molecule has 1 nitrogen and oxygen atoms in total. The monoisotopic (exact) mass is 263 g/mol. The third-order valence-electron chi connectivity index (χ3n) is 3.43. The maximum Gasteiger partial charge on any atom is 0.0580 e. The summed E-state index contributed by atoms with van der Waals surface area (Å²) in [6, 6.07) is 15.1. The van der Waals surface area contributed by atoms with E-state index in [-0.39, 0.29) is 6.04 Å². The largest absolute Gasteiger partial charge is 0.309 e. The molecule has 0 bridgehead atoms. The summed E-state index contributed by atoms with van der Waals surface area (Å²) in [5.74, 6) is 0. The summed E-state index contributed by atoms with van der Waals surface area (Å²) < 4.78 is 0. The third-order valence-corrected chi connectivity index (χ3v) is 3.43. The Kier molecular flexibility index (Phi) is 4.91. The lowest BCUT2D eigenvalue weighted by Crippen LogP contribution is -2.18. The highest BCUT2D eigenvalue weighted by atomic mass is 14.9. The number of fused-ring (bicyclic) bond motifs is 1. The van der Waals surface area contributed by atoms with E-state index in [4.69, 9.17) is 0 Å². The van der Waals surface area contributed by atoms with Crippen molar-refractivity contribution in [2.24, 2.45) is 0 Å². The summed E-state index contributed by atoms with van der Waals surface area (Å²) in [6.07, 6.45) is 8.09. The minimum atomic E-state index is 0.162. The molecule has 102 valence electrons. The van der Waals surface area contributed by atoms with E-state index in [9.17, 15) is 0 Å². The molecule has 0 heterocycles. The van der Waals surface area contributed by atoms with Gasteiger partial charge in [-0.15, -0.1) is 0 Å². The summed E-state index contributed by atoms with van der Waals surface area (Å²) in [4.78, 5) is 0. The predicted molar refractivity (Wildman–Crippen MR) is 88.8 cm³/mol. The van der Waals surface area contributed by atoms with Gasteiger partial charge >= 0.3 is 0 Å². The van der Waals surface area contributed by atoms with Gasteiger partial charge in [-0.25, -0.2) is 0 Å². The molecular weight excluding hydrogens is 242 g/mol. The Morgan fingerprint density at radius 3 is 2.60 bits per heavy atom. The van der Waals surface area contributed by atoms with Crippen molar-refractivity contribution in [3.63, 3.8) is 0 Å². The Labute approximate surface area is 121 Å². The lowest BCUT2D eigenvalue weighted by atomic mass is 9.93. The van der Waals surface area contributed by atoms with Crippen LogP contribution in [-0.2, 0) is 0 Å². The summed E-state index contributed by atoms with van der Waals surface area (Å²) >= 11 is 0. The van der Waals surface area contributed by atoms with Gasteiger partial charge in [0.05, 0.1) is 6.04 Å². The SMILES string of the molecule is C=C/C=C(\C=C/C)C(NC)c1cccc2ccccc12. The fourth-order valence-corrected chi connectivity index (χ4v) is 2.58. The fourth-order valence-electron chi connectivity index (χ4n) is 2.58. The second kappa shape index (κ2) is 6.88.